The minimum atomic E-state index is 0.00987. The van der Waals surface area contributed by atoms with E-state index in [1.54, 1.807) is 0 Å². The SMILES string of the molecule is CN1CN(c2ccnc(Oc3ccc4c5ccccc5n(-c5cc(C(C)(C)C)ccn5)c4c3)c2)c2ccc3c(sc4ccccc43)c21. The highest BCUT2D eigenvalue weighted by Gasteiger charge is 2.28. The fourth-order valence-electron chi connectivity index (χ4n) is 6.94. The topological polar surface area (TPSA) is 46.4 Å². The summed E-state index contributed by atoms with van der Waals surface area (Å²) in [6, 6.07) is 36.3. The standard InChI is InChI=1S/C40H33N5OS/c1-40(2,3)25-17-19-41-36(21-25)45-32-11-7-5-9-28(32)29-14-13-27(23-34(29)45)46-37-22-26(18-20-42-37)44-24-43(4)38-33(44)16-15-31-30-10-6-8-12-35(30)47-39(31)38/h5-23H,24H2,1-4H3. The molecule has 47 heavy (non-hydrogen) atoms. The maximum atomic E-state index is 6.49. The molecule has 0 radical (unpaired) electrons. The molecule has 0 bridgehead atoms. The predicted octanol–water partition coefficient (Wildman–Crippen LogP) is 10.6. The summed E-state index contributed by atoms with van der Waals surface area (Å²) in [6.45, 7) is 7.44. The van der Waals surface area contributed by atoms with E-state index < -0.39 is 0 Å². The molecular weight excluding hydrogens is 599 g/mol. The number of hydrogen-bond acceptors (Lipinski definition) is 6. The van der Waals surface area contributed by atoms with E-state index in [1.807, 2.05) is 35.9 Å². The quantitative estimate of drug-likeness (QED) is 0.193. The highest BCUT2D eigenvalue weighted by atomic mass is 32.1. The number of para-hydroxylation sites is 1. The highest BCUT2D eigenvalue weighted by Crippen LogP contribution is 2.49. The molecule has 0 spiro atoms. The summed E-state index contributed by atoms with van der Waals surface area (Å²) in [7, 11) is 2.17. The number of ether oxygens (including phenoxy) is 1. The van der Waals surface area contributed by atoms with Crippen molar-refractivity contribution >= 4 is 70.4 Å². The van der Waals surface area contributed by atoms with Crippen molar-refractivity contribution in [2.75, 3.05) is 23.5 Å². The number of aromatic nitrogens is 3. The van der Waals surface area contributed by atoms with Gasteiger partial charge in [-0.15, -0.1) is 11.3 Å². The molecule has 0 atom stereocenters. The monoisotopic (exact) mass is 631 g/mol. The van der Waals surface area contributed by atoms with Gasteiger partial charge in [-0.3, -0.25) is 4.57 Å². The molecule has 0 amide bonds. The second-order valence-corrected chi connectivity index (χ2v) is 14.4. The van der Waals surface area contributed by atoms with Crippen LogP contribution in [0.2, 0.25) is 0 Å². The van der Waals surface area contributed by atoms with Gasteiger partial charge < -0.3 is 14.5 Å². The van der Waals surface area contributed by atoms with Crippen LogP contribution in [0, 0.1) is 0 Å². The zero-order chi connectivity index (χ0) is 31.9. The summed E-state index contributed by atoms with van der Waals surface area (Å²) >= 11 is 1.86. The molecule has 1 aliphatic rings. The van der Waals surface area contributed by atoms with Crippen molar-refractivity contribution < 1.29 is 4.74 Å². The molecule has 1 aliphatic heterocycles. The lowest BCUT2D eigenvalue weighted by atomic mass is 9.88. The third-order valence-electron chi connectivity index (χ3n) is 9.26. The van der Waals surface area contributed by atoms with E-state index in [-0.39, 0.29) is 5.41 Å². The summed E-state index contributed by atoms with van der Waals surface area (Å²) in [5, 5.41) is 4.96. The summed E-state index contributed by atoms with van der Waals surface area (Å²) in [6.07, 6.45) is 3.74. The van der Waals surface area contributed by atoms with Gasteiger partial charge in [0.2, 0.25) is 5.88 Å². The molecule has 9 rings (SSSR count). The largest absolute Gasteiger partial charge is 0.439 e. The Bertz CT molecular complexity index is 2510. The van der Waals surface area contributed by atoms with Gasteiger partial charge in [0.05, 0.1) is 33.8 Å². The Labute approximate surface area is 277 Å². The second kappa shape index (κ2) is 10.3. The van der Waals surface area contributed by atoms with Gasteiger partial charge in [0.1, 0.15) is 11.6 Å². The molecule has 0 aliphatic carbocycles. The van der Waals surface area contributed by atoms with Crippen molar-refractivity contribution in [1.29, 1.82) is 0 Å². The number of fused-ring (bicyclic) bond motifs is 8. The van der Waals surface area contributed by atoms with E-state index in [0.717, 1.165) is 40.3 Å². The Hall–Kier alpha value is -5.40. The fourth-order valence-corrected chi connectivity index (χ4v) is 8.24. The highest BCUT2D eigenvalue weighted by molar-refractivity contribution is 7.26. The number of thiophene rings is 1. The number of hydrogen-bond donors (Lipinski definition) is 0. The summed E-state index contributed by atoms with van der Waals surface area (Å²) in [5.41, 5.74) is 6.91. The normalized spacial score (nSPS) is 13.4. The van der Waals surface area contributed by atoms with E-state index in [9.17, 15) is 0 Å². The number of pyridine rings is 2. The van der Waals surface area contributed by atoms with Gasteiger partial charge in [-0.1, -0.05) is 63.2 Å². The van der Waals surface area contributed by atoms with E-state index in [4.69, 9.17) is 9.72 Å². The predicted molar refractivity (Wildman–Crippen MR) is 196 cm³/mol. The van der Waals surface area contributed by atoms with Gasteiger partial charge in [0.15, 0.2) is 0 Å². The second-order valence-electron chi connectivity index (χ2n) is 13.3. The average Bonchev–Trinajstić information content (AvgIpc) is 3.73. The van der Waals surface area contributed by atoms with Crippen molar-refractivity contribution in [3.8, 4) is 17.4 Å². The maximum absolute atomic E-state index is 6.49. The molecule has 0 N–H and O–H groups in total. The molecule has 0 fully saturated rings. The molecule has 0 unspecified atom stereocenters. The molecule has 230 valence electrons. The van der Waals surface area contributed by atoms with Crippen LogP contribution in [0.5, 0.6) is 11.6 Å². The average molecular weight is 632 g/mol. The van der Waals surface area contributed by atoms with Crippen LogP contribution in [0.4, 0.5) is 17.1 Å². The van der Waals surface area contributed by atoms with Gasteiger partial charge in [-0.05, 0) is 59.5 Å². The van der Waals surface area contributed by atoms with E-state index >= 15 is 0 Å². The molecule has 8 aromatic rings. The lowest BCUT2D eigenvalue weighted by Crippen LogP contribution is -2.24. The molecular formula is C40H33N5OS. The smallest absolute Gasteiger partial charge is 0.221 e. The minimum Gasteiger partial charge on any atom is -0.439 e. The first-order chi connectivity index (χ1) is 22.8. The van der Waals surface area contributed by atoms with Crippen LogP contribution in [-0.4, -0.2) is 28.3 Å². The molecule has 0 saturated heterocycles. The van der Waals surface area contributed by atoms with Crippen LogP contribution in [0.1, 0.15) is 26.3 Å². The van der Waals surface area contributed by atoms with Crippen LogP contribution < -0.4 is 14.5 Å². The fraction of sp³-hybridized carbons (Fsp3) is 0.150. The van der Waals surface area contributed by atoms with E-state index in [0.29, 0.717) is 5.88 Å². The van der Waals surface area contributed by atoms with Crippen molar-refractivity contribution in [3.63, 3.8) is 0 Å². The van der Waals surface area contributed by atoms with E-state index in [2.05, 4.69) is 138 Å². The third kappa shape index (κ3) is 4.45. The zero-order valence-corrected chi connectivity index (χ0v) is 27.5. The Balaban J connectivity index is 1.10. The van der Waals surface area contributed by atoms with Crippen LogP contribution in [-0.2, 0) is 5.41 Å². The molecule has 6 nitrogen and oxygen atoms in total. The van der Waals surface area contributed by atoms with Gasteiger partial charge in [-0.25, -0.2) is 9.97 Å². The Morgan fingerprint density at radius 1 is 0.723 bits per heavy atom. The van der Waals surface area contributed by atoms with Crippen molar-refractivity contribution in [2.24, 2.45) is 0 Å². The number of rotatable bonds is 4. The Kier molecular flexibility index (Phi) is 6.11. The van der Waals surface area contributed by atoms with Gasteiger partial charge in [-0.2, -0.15) is 0 Å². The van der Waals surface area contributed by atoms with Gasteiger partial charge in [0.25, 0.3) is 0 Å². The van der Waals surface area contributed by atoms with Crippen LogP contribution >= 0.6 is 11.3 Å². The van der Waals surface area contributed by atoms with Crippen molar-refractivity contribution in [3.05, 3.63) is 121 Å². The number of benzene rings is 4. The lowest BCUT2D eigenvalue weighted by molar-refractivity contribution is 0.463. The minimum absolute atomic E-state index is 0.00987. The Morgan fingerprint density at radius 2 is 1.49 bits per heavy atom. The number of anilines is 3. The zero-order valence-electron chi connectivity index (χ0n) is 26.7. The van der Waals surface area contributed by atoms with Crippen molar-refractivity contribution in [1.82, 2.24) is 14.5 Å². The van der Waals surface area contributed by atoms with Crippen LogP contribution in [0.3, 0.4) is 0 Å². The summed E-state index contributed by atoms with van der Waals surface area (Å²) in [5.74, 6) is 2.17. The Morgan fingerprint density at radius 3 is 2.36 bits per heavy atom. The molecule has 0 saturated carbocycles. The molecule has 4 aromatic heterocycles. The first-order valence-electron chi connectivity index (χ1n) is 15.9. The maximum Gasteiger partial charge on any atom is 0.221 e. The first kappa shape index (κ1) is 27.9. The molecule has 5 heterocycles. The van der Waals surface area contributed by atoms with Crippen LogP contribution in [0.25, 0.3) is 47.8 Å². The third-order valence-corrected chi connectivity index (χ3v) is 10.5. The number of nitrogens with zero attached hydrogens (tertiary/aromatic N) is 5. The van der Waals surface area contributed by atoms with E-state index in [1.165, 1.54) is 42.5 Å². The summed E-state index contributed by atoms with van der Waals surface area (Å²) in [4.78, 5) is 14.1. The molecule has 7 heteroatoms. The van der Waals surface area contributed by atoms with Gasteiger partial charge >= 0.3 is 0 Å². The molecule has 4 aromatic carbocycles. The first-order valence-corrected chi connectivity index (χ1v) is 16.7. The van der Waals surface area contributed by atoms with Crippen molar-refractivity contribution in [2.45, 2.75) is 26.2 Å². The lowest BCUT2D eigenvalue weighted by Gasteiger charge is -2.20. The van der Waals surface area contributed by atoms with Crippen LogP contribution in [0.15, 0.2) is 116 Å². The summed E-state index contributed by atoms with van der Waals surface area (Å²) < 4.78 is 11.4. The van der Waals surface area contributed by atoms with Gasteiger partial charge in [0, 0.05) is 63.5 Å².